The van der Waals surface area contributed by atoms with Gasteiger partial charge >= 0.3 is 0 Å². The Labute approximate surface area is 120 Å². The summed E-state index contributed by atoms with van der Waals surface area (Å²) < 4.78 is 5.44. The summed E-state index contributed by atoms with van der Waals surface area (Å²) in [4.78, 5) is 4.66. The van der Waals surface area contributed by atoms with E-state index in [-0.39, 0.29) is 0 Å². The highest BCUT2D eigenvalue weighted by atomic mass is 16.5. The van der Waals surface area contributed by atoms with E-state index in [1.165, 1.54) is 16.8 Å². The van der Waals surface area contributed by atoms with Crippen LogP contribution in [0.4, 0.5) is 5.69 Å². The molecule has 0 radical (unpaired) electrons. The maximum atomic E-state index is 5.44. The molecule has 0 bridgehead atoms. The van der Waals surface area contributed by atoms with Gasteiger partial charge in [0.2, 0.25) is 0 Å². The summed E-state index contributed by atoms with van der Waals surface area (Å²) in [7, 11) is 0. The van der Waals surface area contributed by atoms with Gasteiger partial charge < -0.3 is 10.1 Å². The minimum Gasteiger partial charge on any atom is -0.379 e. The minimum atomic E-state index is 0.731. The summed E-state index contributed by atoms with van der Waals surface area (Å²) in [6, 6.07) is 12.7. The third-order valence-corrected chi connectivity index (χ3v) is 3.57. The zero-order valence-corrected chi connectivity index (χ0v) is 11.9. The summed E-state index contributed by atoms with van der Waals surface area (Å²) >= 11 is 0. The van der Waals surface area contributed by atoms with Crippen LogP contribution in [0.1, 0.15) is 35.9 Å². The van der Waals surface area contributed by atoms with Crippen LogP contribution < -0.4 is 5.32 Å². The summed E-state index contributed by atoms with van der Waals surface area (Å²) in [6.45, 7) is 4.42. The van der Waals surface area contributed by atoms with Gasteiger partial charge in [-0.2, -0.15) is 0 Å². The van der Waals surface area contributed by atoms with Gasteiger partial charge in [0.05, 0.1) is 25.5 Å². The number of aromatic nitrogens is 1. The molecule has 20 heavy (non-hydrogen) atoms. The first-order valence-corrected chi connectivity index (χ1v) is 7.23. The zero-order valence-electron chi connectivity index (χ0n) is 11.9. The van der Waals surface area contributed by atoms with E-state index in [4.69, 9.17) is 4.74 Å². The molecular weight excluding hydrogens is 248 g/mol. The first-order chi connectivity index (χ1) is 9.85. The van der Waals surface area contributed by atoms with E-state index in [1.807, 2.05) is 0 Å². The quantitative estimate of drug-likeness (QED) is 0.898. The number of nitrogens with one attached hydrogen (secondary N) is 1. The molecule has 0 spiro atoms. The van der Waals surface area contributed by atoms with Crippen LogP contribution in [-0.2, 0) is 30.9 Å². The minimum absolute atomic E-state index is 0.731. The maximum absolute atomic E-state index is 5.44. The van der Waals surface area contributed by atoms with Crippen molar-refractivity contribution in [2.75, 3.05) is 5.32 Å². The van der Waals surface area contributed by atoms with Crippen LogP contribution in [0.15, 0.2) is 36.4 Å². The van der Waals surface area contributed by atoms with Crippen LogP contribution in [0.2, 0.25) is 0 Å². The first kappa shape index (κ1) is 13.1. The highest BCUT2D eigenvalue weighted by Gasteiger charge is 2.10. The van der Waals surface area contributed by atoms with Crippen molar-refractivity contribution in [1.29, 1.82) is 0 Å². The lowest BCUT2D eigenvalue weighted by Gasteiger charge is -2.08. The zero-order chi connectivity index (χ0) is 13.8. The van der Waals surface area contributed by atoms with E-state index in [0.717, 1.165) is 44.0 Å². The highest BCUT2D eigenvalue weighted by Crippen LogP contribution is 2.23. The molecule has 2 heterocycles. The highest BCUT2D eigenvalue weighted by molar-refractivity contribution is 5.49. The molecule has 1 aliphatic rings. The second kappa shape index (κ2) is 6.06. The fraction of sp³-hybridized carbons (Fsp3) is 0.353. The molecular formula is C17H20N2O. The summed E-state index contributed by atoms with van der Waals surface area (Å²) in [5, 5.41) is 3.44. The smallest absolute Gasteiger partial charge is 0.0725 e. The number of benzene rings is 1. The average molecular weight is 268 g/mol. The van der Waals surface area contributed by atoms with Crippen LogP contribution in [0.25, 0.3) is 0 Å². The molecule has 0 unspecified atom stereocenters. The number of rotatable bonds is 5. The third-order valence-electron chi connectivity index (χ3n) is 3.57. The van der Waals surface area contributed by atoms with Crippen LogP contribution in [0.3, 0.4) is 0 Å². The molecule has 0 saturated heterocycles. The van der Waals surface area contributed by atoms with Crippen LogP contribution in [0.5, 0.6) is 0 Å². The summed E-state index contributed by atoms with van der Waals surface area (Å²) in [5.41, 5.74) is 6.00. The molecule has 0 fully saturated rings. The van der Waals surface area contributed by atoms with Crippen molar-refractivity contribution in [2.24, 2.45) is 0 Å². The molecule has 2 aromatic rings. The fourth-order valence-electron chi connectivity index (χ4n) is 2.50. The number of hydrogen-bond acceptors (Lipinski definition) is 3. The molecule has 0 aliphatic carbocycles. The molecule has 0 amide bonds. The van der Waals surface area contributed by atoms with Gasteiger partial charge in [0.25, 0.3) is 0 Å². The number of pyridine rings is 1. The van der Waals surface area contributed by atoms with Gasteiger partial charge in [-0.3, -0.25) is 4.98 Å². The van der Waals surface area contributed by atoms with E-state index in [1.54, 1.807) is 0 Å². The van der Waals surface area contributed by atoms with Crippen molar-refractivity contribution in [2.45, 2.75) is 39.5 Å². The Morgan fingerprint density at radius 1 is 1.10 bits per heavy atom. The van der Waals surface area contributed by atoms with Crippen molar-refractivity contribution >= 4 is 5.69 Å². The third kappa shape index (κ3) is 2.99. The lowest BCUT2D eigenvalue weighted by atomic mass is 10.1. The SMILES string of the molecule is CCCc1cccc(CNc2ccc3c(c2)COC3)n1. The van der Waals surface area contributed by atoms with Crippen molar-refractivity contribution in [3.8, 4) is 0 Å². The second-order valence-corrected chi connectivity index (χ2v) is 5.20. The van der Waals surface area contributed by atoms with Crippen molar-refractivity contribution in [3.05, 3.63) is 58.9 Å². The van der Waals surface area contributed by atoms with Gasteiger partial charge in [0.1, 0.15) is 0 Å². The molecule has 1 aliphatic heterocycles. The number of ether oxygens (including phenoxy) is 1. The number of hydrogen-bond donors (Lipinski definition) is 1. The molecule has 0 atom stereocenters. The number of anilines is 1. The number of nitrogens with zero attached hydrogens (tertiary/aromatic N) is 1. The van der Waals surface area contributed by atoms with Gasteiger partial charge in [-0.15, -0.1) is 0 Å². The van der Waals surface area contributed by atoms with E-state index < -0.39 is 0 Å². The Bertz CT molecular complexity index is 595. The van der Waals surface area contributed by atoms with Crippen LogP contribution in [0, 0.1) is 0 Å². The van der Waals surface area contributed by atoms with E-state index in [9.17, 15) is 0 Å². The molecule has 1 aromatic carbocycles. The molecule has 3 rings (SSSR count). The monoisotopic (exact) mass is 268 g/mol. The predicted molar refractivity (Wildman–Crippen MR) is 80.5 cm³/mol. The van der Waals surface area contributed by atoms with Gasteiger partial charge in [0.15, 0.2) is 0 Å². The number of aryl methyl sites for hydroxylation is 1. The van der Waals surface area contributed by atoms with E-state index in [0.29, 0.717) is 0 Å². The molecule has 3 nitrogen and oxygen atoms in total. The van der Waals surface area contributed by atoms with Crippen LogP contribution in [-0.4, -0.2) is 4.98 Å². The molecule has 104 valence electrons. The van der Waals surface area contributed by atoms with Gasteiger partial charge in [0, 0.05) is 11.4 Å². The second-order valence-electron chi connectivity index (χ2n) is 5.20. The van der Waals surface area contributed by atoms with Gasteiger partial charge in [-0.25, -0.2) is 0 Å². The van der Waals surface area contributed by atoms with Crippen molar-refractivity contribution in [3.63, 3.8) is 0 Å². The largest absolute Gasteiger partial charge is 0.379 e. The van der Waals surface area contributed by atoms with Crippen LogP contribution >= 0.6 is 0 Å². The topological polar surface area (TPSA) is 34.1 Å². The maximum Gasteiger partial charge on any atom is 0.0725 e. The lowest BCUT2D eigenvalue weighted by Crippen LogP contribution is -2.03. The normalized spacial score (nSPS) is 13.2. The summed E-state index contributed by atoms with van der Waals surface area (Å²) in [5.74, 6) is 0. The average Bonchev–Trinajstić information content (AvgIpc) is 2.93. The Morgan fingerprint density at radius 3 is 2.85 bits per heavy atom. The van der Waals surface area contributed by atoms with Crippen molar-refractivity contribution in [1.82, 2.24) is 4.98 Å². The number of fused-ring (bicyclic) bond motifs is 1. The molecule has 0 saturated carbocycles. The predicted octanol–water partition coefficient (Wildman–Crippen LogP) is 3.68. The van der Waals surface area contributed by atoms with E-state index >= 15 is 0 Å². The molecule has 1 aromatic heterocycles. The summed E-state index contributed by atoms with van der Waals surface area (Å²) in [6.07, 6.45) is 2.18. The standard InChI is InChI=1S/C17H20N2O/c1-2-4-15-5-3-6-17(19-15)10-18-16-8-7-13-11-20-12-14(13)9-16/h3,5-9,18H,2,4,10-12H2,1H3. The Balaban J connectivity index is 1.65. The van der Waals surface area contributed by atoms with E-state index in [2.05, 4.69) is 53.6 Å². The Morgan fingerprint density at radius 2 is 1.95 bits per heavy atom. The first-order valence-electron chi connectivity index (χ1n) is 7.23. The van der Waals surface area contributed by atoms with Gasteiger partial charge in [-0.05, 0) is 41.8 Å². The van der Waals surface area contributed by atoms with Gasteiger partial charge in [-0.1, -0.05) is 25.5 Å². The molecule has 1 N–H and O–H groups in total. The Kier molecular flexibility index (Phi) is 3.97. The Hall–Kier alpha value is -1.87. The fourth-order valence-corrected chi connectivity index (χ4v) is 2.50. The van der Waals surface area contributed by atoms with Crippen molar-refractivity contribution < 1.29 is 4.74 Å². The molecule has 3 heteroatoms. The lowest BCUT2D eigenvalue weighted by molar-refractivity contribution is 0.134.